The van der Waals surface area contributed by atoms with Crippen LogP contribution in [-0.4, -0.2) is 40.9 Å². The van der Waals surface area contributed by atoms with Crippen LogP contribution < -0.4 is 5.32 Å². The number of likely N-dealkylation sites (tertiary alicyclic amines) is 1. The van der Waals surface area contributed by atoms with Gasteiger partial charge in [0.15, 0.2) is 0 Å². The van der Waals surface area contributed by atoms with Crippen molar-refractivity contribution in [1.82, 2.24) is 4.90 Å². The van der Waals surface area contributed by atoms with Gasteiger partial charge in [-0.3, -0.25) is 14.4 Å². The predicted molar refractivity (Wildman–Crippen MR) is 95.6 cm³/mol. The van der Waals surface area contributed by atoms with Crippen molar-refractivity contribution in [2.24, 2.45) is 23.7 Å². The molecular weight excluding hydrogens is 332 g/mol. The van der Waals surface area contributed by atoms with Crippen molar-refractivity contribution in [2.75, 3.05) is 18.4 Å². The van der Waals surface area contributed by atoms with Crippen molar-refractivity contribution in [1.29, 1.82) is 0 Å². The molecule has 2 fully saturated rings. The molecule has 1 aromatic carbocycles. The van der Waals surface area contributed by atoms with E-state index in [1.165, 1.54) is 0 Å². The van der Waals surface area contributed by atoms with Crippen LogP contribution in [0.1, 0.15) is 29.6 Å². The Morgan fingerprint density at radius 1 is 1.04 bits per heavy atom. The van der Waals surface area contributed by atoms with Crippen LogP contribution in [0.4, 0.5) is 5.69 Å². The Bertz CT molecular complexity index is 782. The van der Waals surface area contributed by atoms with Crippen LogP contribution in [0.2, 0.25) is 0 Å². The number of carboxylic acids is 1. The fourth-order valence-electron chi connectivity index (χ4n) is 4.57. The largest absolute Gasteiger partial charge is 0.481 e. The third-order valence-electron chi connectivity index (χ3n) is 5.82. The van der Waals surface area contributed by atoms with E-state index in [1.54, 1.807) is 24.3 Å². The quantitative estimate of drug-likeness (QED) is 0.813. The van der Waals surface area contributed by atoms with Gasteiger partial charge < -0.3 is 15.3 Å². The van der Waals surface area contributed by atoms with Gasteiger partial charge in [-0.25, -0.2) is 0 Å². The first-order valence-corrected chi connectivity index (χ1v) is 9.16. The minimum absolute atomic E-state index is 0.0180. The lowest BCUT2D eigenvalue weighted by Crippen LogP contribution is -2.36. The van der Waals surface area contributed by atoms with Crippen LogP contribution >= 0.6 is 0 Å². The van der Waals surface area contributed by atoms with Gasteiger partial charge in [0, 0.05) is 24.3 Å². The molecule has 2 N–H and O–H groups in total. The molecule has 2 amide bonds. The molecule has 4 rings (SSSR count). The lowest BCUT2D eigenvalue weighted by molar-refractivity contribution is -0.146. The number of allylic oxidation sites excluding steroid dienone is 2. The maximum Gasteiger partial charge on any atom is 0.307 e. The monoisotopic (exact) mass is 354 g/mol. The van der Waals surface area contributed by atoms with Crippen LogP contribution in [0.25, 0.3) is 0 Å². The van der Waals surface area contributed by atoms with E-state index in [-0.39, 0.29) is 23.7 Å². The summed E-state index contributed by atoms with van der Waals surface area (Å²) in [4.78, 5) is 38.7. The van der Waals surface area contributed by atoms with Gasteiger partial charge in [-0.15, -0.1) is 0 Å². The predicted octanol–water partition coefficient (Wildman–Crippen LogP) is 2.38. The van der Waals surface area contributed by atoms with E-state index < -0.39 is 17.8 Å². The average molecular weight is 354 g/mol. The molecular formula is C20H22N2O4. The van der Waals surface area contributed by atoms with Crippen molar-refractivity contribution < 1.29 is 19.5 Å². The number of nitrogens with zero attached hydrogens (tertiary/aromatic N) is 1. The van der Waals surface area contributed by atoms with Crippen LogP contribution in [0.5, 0.6) is 0 Å². The number of fused-ring (bicyclic) bond motifs is 2. The Labute approximate surface area is 151 Å². The molecule has 3 aliphatic rings. The summed E-state index contributed by atoms with van der Waals surface area (Å²) in [5.74, 6) is -2.52. The third-order valence-corrected chi connectivity index (χ3v) is 5.82. The number of carbonyl (C=O) groups excluding carboxylic acids is 2. The molecule has 2 bridgehead atoms. The molecule has 26 heavy (non-hydrogen) atoms. The number of aliphatic carboxylic acids is 1. The molecule has 6 heteroatoms. The molecule has 0 spiro atoms. The molecule has 0 radical (unpaired) electrons. The first-order valence-electron chi connectivity index (χ1n) is 9.16. The number of anilines is 1. The SMILES string of the molecule is O=C(O)[C@@H]1[C@H](C(=O)Nc2cccc(C(=O)N3CCCC3)c2)[C@@H]2C=C[C@H]1C2. The molecule has 1 aliphatic heterocycles. The molecule has 0 aromatic heterocycles. The van der Waals surface area contributed by atoms with Crippen LogP contribution in [0.15, 0.2) is 36.4 Å². The van der Waals surface area contributed by atoms with E-state index in [4.69, 9.17) is 0 Å². The Kier molecular flexibility index (Phi) is 4.26. The summed E-state index contributed by atoms with van der Waals surface area (Å²) in [7, 11) is 0. The van der Waals surface area contributed by atoms with E-state index in [0.717, 1.165) is 32.4 Å². The van der Waals surface area contributed by atoms with Gasteiger partial charge in [0.2, 0.25) is 5.91 Å². The molecule has 0 unspecified atom stereocenters. The first-order chi connectivity index (χ1) is 12.5. The molecule has 1 heterocycles. The maximum absolute atomic E-state index is 12.8. The highest BCUT2D eigenvalue weighted by atomic mass is 16.4. The van der Waals surface area contributed by atoms with Crippen LogP contribution in [0, 0.1) is 23.7 Å². The van der Waals surface area contributed by atoms with Gasteiger partial charge in [0.25, 0.3) is 5.91 Å². The van der Waals surface area contributed by atoms with Crippen LogP contribution in [-0.2, 0) is 9.59 Å². The Morgan fingerprint density at radius 3 is 2.42 bits per heavy atom. The van der Waals surface area contributed by atoms with Crippen molar-refractivity contribution >= 4 is 23.5 Å². The Morgan fingerprint density at radius 2 is 1.73 bits per heavy atom. The second-order valence-corrected chi connectivity index (χ2v) is 7.41. The van der Waals surface area contributed by atoms with Crippen molar-refractivity contribution in [3.63, 3.8) is 0 Å². The number of amides is 2. The molecule has 1 saturated carbocycles. The number of nitrogens with one attached hydrogen (secondary N) is 1. The van der Waals surface area contributed by atoms with Gasteiger partial charge in [0.1, 0.15) is 0 Å². The van der Waals surface area contributed by atoms with E-state index in [2.05, 4.69) is 5.32 Å². The molecule has 4 atom stereocenters. The zero-order chi connectivity index (χ0) is 18.3. The zero-order valence-electron chi connectivity index (χ0n) is 14.4. The van der Waals surface area contributed by atoms with Crippen molar-refractivity contribution in [3.8, 4) is 0 Å². The van der Waals surface area contributed by atoms with Gasteiger partial charge >= 0.3 is 5.97 Å². The summed E-state index contributed by atoms with van der Waals surface area (Å²) >= 11 is 0. The van der Waals surface area contributed by atoms with Crippen molar-refractivity contribution in [2.45, 2.75) is 19.3 Å². The van der Waals surface area contributed by atoms with Gasteiger partial charge in [-0.05, 0) is 49.3 Å². The lowest BCUT2D eigenvalue weighted by atomic mass is 9.82. The third kappa shape index (κ3) is 2.89. The highest BCUT2D eigenvalue weighted by Gasteiger charge is 2.51. The van der Waals surface area contributed by atoms with Crippen molar-refractivity contribution in [3.05, 3.63) is 42.0 Å². The number of benzene rings is 1. The highest BCUT2D eigenvalue weighted by molar-refractivity contribution is 5.99. The topological polar surface area (TPSA) is 86.7 Å². The van der Waals surface area contributed by atoms with Gasteiger partial charge in [-0.1, -0.05) is 18.2 Å². The molecule has 1 saturated heterocycles. The number of hydrogen-bond donors (Lipinski definition) is 2. The Hall–Kier alpha value is -2.63. The lowest BCUT2D eigenvalue weighted by Gasteiger charge is -2.24. The van der Waals surface area contributed by atoms with Gasteiger partial charge in [-0.2, -0.15) is 0 Å². The average Bonchev–Trinajstić information content (AvgIpc) is 3.37. The van der Waals surface area contributed by atoms with E-state index >= 15 is 0 Å². The smallest absolute Gasteiger partial charge is 0.307 e. The number of hydrogen-bond acceptors (Lipinski definition) is 3. The van der Waals surface area contributed by atoms with Gasteiger partial charge in [0.05, 0.1) is 11.8 Å². The molecule has 136 valence electrons. The standard InChI is InChI=1S/C20H22N2O4/c23-18(16-12-6-7-13(10-12)17(16)20(25)26)21-15-5-3-4-14(11-15)19(24)22-8-1-2-9-22/h3-7,11-13,16-17H,1-2,8-10H2,(H,21,23)(H,25,26)/t12-,13+,16-,17+/m1/s1. The summed E-state index contributed by atoms with van der Waals surface area (Å²) < 4.78 is 0. The summed E-state index contributed by atoms with van der Waals surface area (Å²) in [6.45, 7) is 1.54. The van der Waals surface area contributed by atoms with E-state index in [1.807, 2.05) is 17.1 Å². The molecule has 1 aromatic rings. The Balaban J connectivity index is 1.49. The summed E-state index contributed by atoms with van der Waals surface area (Å²) in [5, 5.41) is 12.3. The maximum atomic E-state index is 12.8. The fourth-order valence-corrected chi connectivity index (χ4v) is 4.57. The van der Waals surface area contributed by atoms with E-state index in [0.29, 0.717) is 11.3 Å². The second-order valence-electron chi connectivity index (χ2n) is 7.41. The summed E-state index contributed by atoms with van der Waals surface area (Å²) in [6.07, 6.45) is 6.65. The summed E-state index contributed by atoms with van der Waals surface area (Å²) in [5.41, 5.74) is 1.09. The normalized spacial score (nSPS) is 29.2. The zero-order valence-corrected chi connectivity index (χ0v) is 14.4. The molecule has 2 aliphatic carbocycles. The fraction of sp³-hybridized carbons (Fsp3) is 0.450. The summed E-state index contributed by atoms with van der Waals surface area (Å²) in [6, 6.07) is 6.90. The molecule has 6 nitrogen and oxygen atoms in total. The number of rotatable bonds is 4. The minimum atomic E-state index is -0.917. The van der Waals surface area contributed by atoms with Crippen LogP contribution in [0.3, 0.4) is 0 Å². The number of carbonyl (C=O) groups is 3. The number of carboxylic acid groups (broad SMARTS) is 1. The minimum Gasteiger partial charge on any atom is -0.481 e. The van der Waals surface area contributed by atoms with E-state index in [9.17, 15) is 19.5 Å². The highest BCUT2D eigenvalue weighted by Crippen LogP contribution is 2.48. The first kappa shape index (κ1) is 16.8. The second kappa shape index (κ2) is 6.59.